The lowest BCUT2D eigenvalue weighted by Crippen LogP contribution is -2.38. The number of ether oxygens (including phenoxy) is 1. The Bertz CT molecular complexity index is 824. The van der Waals surface area contributed by atoms with Crippen LogP contribution in [-0.4, -0.2) is 38.8 Å². The Morgan fingerprint density at radius 1 is 1.16 bits per heavy atom. The van der Waals surface area contributed by atoms with E-state index in [0.717, 1.165) is 43.9 Å². The topological polar surface area (TPSA) is 55.6 Å². The van der Waals surface area contributed by atoms with Crippen LogP contribution in [0, 0.1) is 0 Å². The van der Waals surface area contributed by atoms with Gasteiger partial charge in [0.25, 0.3) is 5.78 Å². The number of hydrogen-bond acceptors (Lipinski definition) is 5. The van der Waals surface area contributed by atoms with Gasteiger partial charge in [-0.2, -0.15) is 14.6 Å². The summed E-state index contributed by atoms with van der Waals surface area (Å²) in [5, 5.41) is 4.33. The summed E-state index contributed by atoms with van der Waals surface area (Å²) in [7, 11) is 0. The molecule has 0 spiro atoms. The molecule has 0 radical (unpaired) electrons. The molecule has 1 aromatic carbocycles. The van der Waals surface area contributed by atoms with Crippen molar-refractivity contribution in [1.82, 2.24) is 19.6 Å². The quantitative estimate of drug-likeness (QED) is 0.716. The van der Waals surface area contributed by atoms with Gasteiger partial charge in [-0.3, -0.25) is 0 Å². The molecule has 0 amide bonds. The predicted molar refractivity (Wildman–Crippen MR) is 96.6 cm³/mol. The molecule has 6 nitrogen and oxygen atoms in total. The molecular formula is C19H23N5O. The maximum absolute atomic E-state index is 6.10. The van der Waals surface area contributed by atoms with Crippen molar-refractivity contribution in [1.29, 1.82) is 0 Å². The minimum absolute atomic E-state index is 0.315. The van der Waals surface area contributed by atoms with Gasteiger partial charge in [-0.05, 0) is 24.8 Å². The normalized spacial score (nSPS) is 15.8. The molecule has 3 aromatic rings. The first-order chi connectivity index (χ1) is 12.3. The van der Waals surface area contributed by atoms with Crippen molar-refractivity contribution in [3.05, 3.63) is 54.0 Å². The van der Waals surface area contributed by atoms with Gasteiger partial charge >= 0.3 is 0 Å². The van der Waals surface area contributed by atoms with E-state index in [1.165, 1.54) is 5.56 Å². The van der Waals surface area contributed by atoms with Crippen LogP contribution >= 0.6 is 0 Å². The highest BCUT2D eigenvalue weighted by atomic mass is 16.5. The fourth-order valence-electron chi connectivity index (χ4n) is 3.29. The molecule has 2 aromatic heterocycles. The van der Waals surface area contributed by atoms with Crippen LogP contribution in [0.15, 0.2) is 42.7 Å². The van der Waals surface area contributed by atoms with Crippen molar-refractivity contribution in [3.63, 3.8) is 0 Å². The maximum Gasteiger partial charge on any atom is 0.254 e. The second-order valence-corrected chi connectivity index (χ2v) is 6.41. The van der Waals surface area contributed by atoms with Crippen molar-refractivity contribution in [3.8, 4) is 0 Å². The van der Waals surface area contributed by atoms with Crippen LogP contribution in [0.5, 0.6) is 0 Å². The molecular weight excluding hydrogens is 314 g/mol. The van der Waals surface area contributed by atoms with Gasteiger partial charge in [0.15, 0.2) is 0 Å². The molecule has 0 atom stereocenters. The number of fused-ring (bicyclic) bond motifs is 1. The van der Waals surface area contributed by atoms with Crippen LogP contribution < -0.4 is 4.90 Å². The van der Waals surface area contributed by atoms with Crippen LogP contribution in [0.1, 0.15) is 31.0 Å². The minimum atomic E-state index is 0.315. The third kappa shape index (κ3) is 3.49. The number of benzene rings is 1. The monoisotopic (exact) mass is 337 g/mol. The third-order valence-electron chi connectivity index (χ3n) is 4.74. The molecule has 0 N–H and O–H groups in total. The van der Waals surface area contributed by atoms with Crippen LogP contribution in [0.4, 0.5) is 5.82 Å². The summed E-state index contributed by atoms with van der Waals surface area (Å²) in [5.41, 5.74) is 2.29. The summed E-state index contributed by atoms with van der Waals surface area (Å²) < 4.78 is 7.93. The second-order valence-electron chi connectivity index (χ2n) is 6.41. The van der Waals surface area contributed by atoms with Gasteiger partial charge in [-0.25, -0.2) is 4.98 Å². The van der Waals surface area contributed by atoms with Gasteiger partial charge in [-0.1, -0.05) is 37.3 Å². The molecule has 6 heteroatoms. The fraction of sp³-hybridized carbons (Fsp3) is 0.421. The lowest BCUT2D eigenvalue weighted by Gasteiger charge is -2.33. The number of rotatable bonds is 5. The highest BCUT2D eigenvalue weighted by Gasteiger charge is 2.22. The molecule has 0 unspecified atom stereocenters. The summed E-state index contributed by atoms with van der Waals surface area (Å²) in [5.74, 6) is 1.76. The van der Waals surface area contributed by atoms with Gasteiger partial charge in [0, 0.05) is 24.8 Å². The lowest BCUT2D eigenvalue weighted by molar-refractivity contribution is 0.0250. The smallest absolute Gasteiger partial charge is 0.254 e. The summed E-state index contributed by atoms with van der Waals surface area (Å²) in [4.78, 5) is 11.1. The lowest BCUT2D eigenvalue weighted by atomic mass is 10.1. The SMILES string of the molecule is CCc1cc(N2CCC(OCc3ccccc3)CC2)n2ncnc2n1. The Kier molecular flexibility index (Phi) is 4.61. The highest BCUT2D eigenvalue weighted by Crippen LogP contribution is 2.23. The molecule has 1 saturated heterocycles. The Labute approximate surface area is 147 Å². The number of hydrogen-bond donors (Lipinski definition) is 0. The van der Waals surface area contributed by atoms with Crippen LogP contribution in [0.3, 0.4) is 0 Å². The van der Waals surface area contributed by atoms with Crippen LogP contribution in [0.2, 0.25) is 0 Å². The maximum atomic E-state index is 6.10. The molecule has 1 fully saturated rings. The van der Waals surface area contributed by atoms with Crippen molar-refractivity contribution >= 4 is 11.6 Å². The minimum Gasteiger partial charge on any atom is -0.373 e. The standard InChI is InChI=1S/C19H23N5O/c1-2-16-12-18(24-19(22-16)20-14-21-24)23-10-8-17(9-11-23)25-13-15-6-4-3-5-7-15/h3-7,12,14,17H,2,8-11,13H2,1H3. The zero-order valence-electron chi connectivity index (χ0n) is 14.5. The van der Waals surface area contributed by atoms with Crippen molar-refractivity contribution in [2.75, 3.05) is 18.0 Å². The first kappa shape index (κ1) is 16.0. The summed E-state index contributed by atoms with van der Waals surface area (Å²) in [6, 6.07) is 12.5. The van der Waals surface area contributed by atoms with Crippen molar-refractivity contribution in [2.45, 2.75) is 38.9 Å². The predicted octanol–water partition coefficient (Wildman–Crippen LogP) is 2.87. The summed E-state index contributed by atoms with van der Waals surface area (Å²) in [6.45, 7) is 4.72. The van der Waals surface area contributed by atoms with Gasteiger partial charge in [0.05, 0.1) is 12.7 Å². The van der Waals surface area contributed by atoms with Gasteiger partial charge in [0.2, 0.25) is 0 Å². The van der Waals surface area contributed by atoms with Crippen LogP contribution in [-0.2, 0) is 17.8 Å². The summed E-state index contributed by atoms with van der Waals surface area (Å²) in [6.07, 6.45) is 4.82. The highest BCUT2D eigenvalue weighted by molar-refractivity contribution is 5.47. The molecule has 4 rings (SSSR count). The number of nitrogens with zero attached hydrogens (tertiary/aromatic N) is 5. The molecule has 1 aliphatic rings. The largest absolute Gasteiger partial charge is 0.373 e. The van der Waals surface area contributed by atoms with Crippen molar-refractivity contribution < 1.29 is 4.74 Å². The Hall–Kier alpha value is -2.47. The van der Waals surface area contributed by atoms with Gasteiger partial charge in [0.1, 0.15) is 12.1 Å². The third-order valence-corrected chi connectivity index (χ3v) is 4.74. The summed E-state index contributed by atoms with van der Waals surface area (Å²) >= 11 is 0. The fourth-order valence-corrected chi connectivity index (χ4v) is 3.29. The van der Waals surface area contributed by atoms with E-state index in [4.69, 9.17) is 4.74 Å². The molecule has 0 bridgehead atoms. The number of aromatic nitrogens is 4. The number of aryl methyl sites for hydroxylation is 1. The first-order valence-electron chi connectivity index (χ1n) is 8.93. The van der Waals surface area contributed by atoms with E-state index >= 15 is 0 Å². The average Bonchev–Trinajstić information content (AvgIpc) is 3.15. The van der Waals surface area contributed by atoms with Gasteiger partial charge < -0.3 is 9.64 Å². The molecule has 3 heterocycles. The van der Waals surface area contributed by atoms with E-state index in [2.05, 4.69) is 57.2 Å². The second kappa shape index (κ2) is 7.19. The Morgan fingerprint density at radius 2 is 1.96 bits per heavy atom. The molecule has 1 aliphatic heterocycles. The Morgan fingerprint density at radius 3 is 2.72 bits per heavy atom. The van der Waals surface area contributed by atoms with Crippen molar-refractivity contribution in [2.24, 2.45) is 0 Å². The zero-order chi connectivity index (χ0) is 17.1. The molecule has 25 heavy (non-hydrogen) atoms. The van der Waals surface area contributed by atoms with E-state index in [1.807, 2.05) is 10.6 Å². The number of piperidine rings is 1. The Balaban J connectivity index is 1.41. The van der Waals surface area contributed by atoms with E-state index < -0.39 is 0 Å². The van der Waals surface area contributed by atoms with Gasteiger partial charge in [-0.15, -0.1) is 0 Å². The molecule has 0 saturated carbocycles. The molecule has 0 aliphatic carbocycles. The van der Waals surface area contributed by atoms with E-state index in [1.54, 1.807) is 6.33 Å². The first-order valence-corrected chi connectivity index (χ1v) is 8.93. The van der Waals surface area contributed by atoms with E-state index in [0.29, 0.717) is 18.5 Å². The van der Waals surface area contributed by atoms with E-state index in [9.17, 15) is 0 Å². The zero-order valence-corrected chi connectivity index (χ0v) is 14.5. The number of anilines is 1. The molecule has 130 valence electrons. The van der Waals surface area contributed by atoms with Crippen LogP contribution in [0.25, 0.3) is 5.78 Å². The van der Waals surface area contributed by atoms with E-state index in [-0.39, 0.29) is 0 Å². The average molecular weight is 337 g/mol.